The quantitative estimate of drug-likeness (QED) is 0.634. The van der Waals surface area contributed by atoms with Gasteiger partial charge >= 0.3 is 0 Å². The van der Waals surface area contributed by atoms with E-state index in [1.165, 1.54) is 13.0 Å². The van der Waals surface area contributed by atoms with Crippen molar-refractivity contribution in [2.24, 2.45) is 5.73 Å². The zero-order chi connectivity index (χ0) is 10.4. The zero-order valence-electron chi connectivity index (χ0n) is 9.15. The molecule has 1 fully saturated rings. The molecule has 0 saturated carbocycles. The highest BCUT2D eigenvalue weighted by atomic mass is 16.3. The van der Waals surface area contributed by atoms with E-state index in [-0.39, 0.29) is 6.10 Å². The summed E-state index contributed by atoms with van der Waals surface area (Å²) in [6, 6.07) is 0. The summed E-state index contributed by atoms with van der Waals surface area (Å²) >= 11 is 0. The molecule has 0 aromatic carbocycles. The molecule has 1 unspecified atom stereocenters. The van der Waals surface area contributed by atoms with Crippen molar-refractivity contribution in [1.82, 2.24) is 9.80 Å². The minimum absolute atomic E-state index is 0.323. The van der Waals surface area contributed by atoms with E-state index in [1.54, 1.807) is 0 Å². The van der Waals surface area contributed by atoms with E-state index in [9.17, 15) is 5.11 Å². The third kappa shape index (κ3) is 4.37. The molecule has 4 heteroatoms. The Labute approximate surface area is 86.7 Å². The molecule has 0 spiro atoms. The van der Waals surface area contributed by atoms with Gasteiger partial charge in [0.2, 0.25) is 0 Å². The minimum Gasteiger partial charge on any atom is -0.392 e. The van der Waals surface area contributed by atoms with Crippen LogP contribution < -0.4 is 5.73 Å². The molecular weight excluding hydrogens is 178 g/mol. The average molecular weight is 201 g/mol. The van der Waals surface area contributed by atoms with Gasteiger partial charge in [-0.2, -0.15) is 0 Å². The van der Waals surface area contributed by atoms with Gasteiger partial charge in [-0.3, -0.25) is 0 Å². The molecule has 1 heterocycles. The number of nitrogens with zero attached hydrogens (tertiary/aromatic N) is 2. The summed E-state index contributed by atoms with van der Waals surface area (Å²) in [7, 11) is 2.16. The summed E-state index contributed by atoms with van der Waals surface area (Å²) in [5, 5.41) is 9.35. The molecule has 0 radical (unpaired) electrons. The van der Waals surface area contributed by atoms with E-state index >= 15 is 0 Å². The third-order valence-electron chi connectivity index (χ3n) is 2.86. The molecule has 0 bridgehead atoms. The lowest BCUT2D eigenvalue weighted by Crippen LogP contribution is -2.33. The lowest BCUT2D eigenvalue weighted by Gasteiger charge is -2.21. The second kappa shape index (κ2) is 6.35. The van der Waals surface area contributed by atoms with Crippen molar-refractivity contribution in [2.75, 3.05) is 46.3 Å². The number of rotatable bonds is 4. The topological polar surface area (TPSA) is 52.7 Å². The molecular formula is C10H23N3O. The predicted octanol–water partition coefficient (Wildman–Crippen LogP) is -0.666. The van der Waals surface area contributed by atoms with Gasteiger partial charge in [-0.25, -0.2) is 0 Å². The van der Waals surface area contributed by atoms with Crippen LogP contribution in [-0.4, -0.2) is 67.3 Å². The Morgan fingerprint density at radius 3 is 2.79 bits per heavy atom. The molecule has 84 valence electrons. The van der Waals surface area contributed by atoms with Crippen molar-refractivity contribution in [3.05, 3.63) is 0 Å². The first-order valence-corrected chi connectivity index (χ1v) is 5.51. The Kier molecular flexibility index (Phi) is 5.40. The van der Waals surface area contributed by atoms with Crippen LogP contribution in [0.15, 0.2) is 0 Å². The van der Waals surface area contributed by atoms with E-state index in [1.807, 2.05) is 0 Å². The van der Waals surface area contributed by atoms with Gasteiger partial charge in [-0.15, -0.1) is 0 Å². The molecule has 0 aromatic rings. The number of aliphatic hydroxyl groups is 1. The van der Waals surface area contributed by atoms with Crippen LogP contribution in [0.4, 0.5) is 0 Å². The second-order valence-corrected chi connectivity index (χ2v) is 4.18. The maximum Gasteiger partial charge on any atom is 0.0674 e. The Hall–Kier alpha value is -0.160. The van der Waals surface area contributed by atoms with Crippen LogP contribution >= 0.6 is 0 Å². The van der Waals surface area contributed by atoms with Crippen molar-refractivity contribution in [3.8, 4) is 0 Å². The van der Waals surface area contributed by atoms with Crippen LogP contribution in [0.2, 0.25) is 0 Å². The van der Waals surface area contributed by atoms with Crippen molar-refractivity contribution in [1.29, 1.82) is 0 Å². The molecule has 1 rings (SSSR count). The lowest BCUT2D eigenvalue weighted by atomic mass is 10.2. The van der Waals surface area contributed by atoms with Crippen LogP contribution in [0.3, 0.4) is 0 Å². The molecule has 0 aromatic heterocycles. The molecule has 0 aliphatic carbocycles. The summed E-state index contributed by atoms with van der Waals surface area (Å²) < 4.78 is 0. The first-order valence-electron chi connectivity index (χ1n) is 5.51. The Morgan fingerprint density at radius 1 is 1.29 bits per heavy atom. The normalized spacial score (nSPS) is 23.4. The average Bonchev–Trinajstić information content (AvgIpc) is 2.39. The van der Waals surface area contributed by atoms with E-state index in [2.05, 4.69) is 16.8 Å². The highest BCUT2D eigenvalue weighted by Gasteiger charge is 2.12. The van der Waals surface area contributed by atoms with Gasteiger partial charge in [-0.05, 0) is 33.0 Å². The second-order valence-electron chi connectivity index (χ2n) is 4.18. The molecule has 4 nitrogen and oxygen atoms in total. The fourth-order valence-electron chi connectivity index (χ4n) is 1.77. The van der Waals surface area contributed by atoms with Crippen molar-refractivity contribution < 1.29 is 5.11 Å². The molecule has 1 aliphatic heterocycles. The van der Waals surface area contributed by atoms with Gasteiger partial charge < -0.3 is 20.6 Å². The first kappa shape index (κ1) is 11.9. The van der Waals surface area contributed by atoms with Crippen molar-refractivity contribution >= 4 is 0 Å². The Morgan fingerprint density at radius 2 is 2.07 bits per heavy atom. The van der Waals surface area contributed by atoms with Gasteiger partial charge in [-0.1, -0.05) is 0 Å². The summed E-state index contributed by atoms with van der Waals surface area (Å²) in [6.07, 6.45) is 1.71. The van der Waals surface area contributed by atoms with Crippen molar-refractivity contribution in [2.45, 2.75) is 18.9 Å². The Bertz CT molecular complexity index is 154. The van der Waals surface area contributed by atoms with Gasteiger partial charge in [0, 0.05) is 26.2 Å². The van der Waals surface area contributed by atoms with Crippen LogP contribution in [0, 0.1) is 0 Å². The fourth-order valence-corrected chi connectivity index (χ4v) is 1.77. The highest BCUT2D eigenvalue weighted by Crippen LogP contribution is 2.02. The summed E-state index contributed by atoms with van der Waals surface area (Å²) in [4.78, 5) is 4.78. The molecule has 14 heavy (non-hydrogen) atoms. The molecule has 1 aliphatic rings. The first-order chi connectivity index (χ1) is 6.72. The molecule has 1 atom stereocenters. The number of hydrogen-bond acceptors (Lipinski definition) is 4. The van der Waals surface area contributed by atoms with Gasteiger partial charge in [0.05, 0.1) is 6.10 Å². The minimum atomic E-state index is -0.323. The molecule has 0 amide bonds. The van der Waals surface area contributed by atoms with E-state index in [0.717, 1.165) is 32.6 Å². The van der Waals surface area contributed by atoms with E-state index in [4.69, 9.17) is 5.73 Å². The summed E-state index contributed by atoms with van der Waals surface area (Å²) in [6.45, 7) is 5.96. The molecule has 3 N–H and O–H groups in total. The predicted molar refractivity (Wildman–Crippen MR) is 58.2 cm³/mol. The van der Waals surface area contributed by atoms with Gasteiger partial charge in [0.15, 0.2) is 0 Å². The van der Waals surface area contributed by atoms with Crippen LogP contribution in [0.25, 0.3) is 0 Å². The zero-order valence-corrected chi connectivity index (χ0v) is 9.15. The lowest BCUT2D eigenvalue weighted by molar-refractivity contribution is 0.148. The maximum atomic E-state index is 9.35. The smallest absolute Gasteiger partial charge is 0.0674 e. The largest absolute Gasteiger partial charge is 0.392 e. The summed E-state index contributed by atoms with van der Waals surface area (Å²) in [5.74, 6) is 0. The fraction of sp³-hybridized carbons (Fsp3) is 1.00. The highest BCUT2D eigenvalue weighted by molar-refractivity contribution is 4.68. The monoisotopic (exact) mass is 201 g/mol. The van der Waals surface area contributed by atoms with Crippen LogP contribution in [0.5, 0.6) is 0 Å². The van der Waals surface area contributed by atoms with Crippen molar-refractivity contribution in [3.63, 3.8) is 0 Å². The number of nitrogens with two attached hydrogens (primary N) is 1. The molecule has 1 saturated heterocycles. The SMILES string of the molecule is CN1CCCN(CCC(O)CN)CC1. The summed E-state index contributed by atoms with van der Waals surface area (Å²) in [5.41, 5.74) is 5.36. The number of hydrogen-bond donors (Lipinski definition) is 2. The number of likely N-dealkylation sites (N-methyl/N-ethyl adjacent to an activating group) is 1. The third-order valence-corrected chi connectivity index (χ3v) is 2.86. The standard InChI is InChI=1S/C10H23N3O/c1-12-4-2-5-13(8-7-12)6-3-10(14)9-11/h10,14H,2-9,11H2,1H3. The maximum absolute atomic E-state index is 9.35. The van der Waals surface area contributed by atoms with Crippen LogP contribution in [0.1, 0.15) is 12.8 Å². The van der Waals surface area contributed by atoms with Gasteiger partial charge in [0.25, 0.3) is 0 Å². The van der Waals surface area contributed by atoms with E-state index in [0.29, 0.717) is 6.54 Å². The number of aliphatic hydroxyl groups excluding tert-OH is 1. The Balaban J connectivity index is 2.17. The van der Waals surface area contributed by atoms with Crippen LogP contribution in [-0.2, 0) is 0 Å². The van der Waals surface area contributed by atoms with Gasteiger partial charge in [0.1, 0.15) is 0 Å². The van der Waals surface area contributed by atoms with E-state index < -0.39 is 0 Å².